The third-order valence-electron chi connectivity index (χ3n) is 3.00. The molecule has 0 amide bonds. The number of pyridine rings is 1. The van der Waals surface area contributed by atoms with Crippen molar-refractivity contribution < 1.29 is 13.5 Å². The minimum Gasteiger partial charge on any atom is -0.389 e. The first-order chi connectivity index (χ1) is 8.34. The molecule has 0 atom stereocenters. The molecule has 0 fully saturated rings. The number of hydrogen-bond donors (Lipinski definition) is 3. The van der Waals surface area contributed by atoms with Crippen LogP contribution < -0.4 is 10.5 Å². The van der Waals surface area contributed by atoms with Crippen molar-refractivity contribution in [1.29, 1.82) is 0 Å². The molecule has 0 spiro atoms. The Morgan fingerprint density at radius 2 is 2.06 bits per heavy atom. The van der Waals surface area contributed by atoms with E-state index in [2.05, 4.69) is 9.71 Å². The number of nitrogens with one attached hydrogen (secondary N) is 1. The van der Waals surface area contributed by atoms with Crippen LogP contribution in [0.3, 0.4) is 0 Å². The van der Waals surface area contributed by atoms with Crippen LogP contribution in [0.15, 0.2) is 23.2 Å². The molecule has 0 radical (unpaired) electrons. The highest BCUT2D eigenvalue weighted by Gasteiger charge is 2.26. The van der Waals surface area contributed by atoms with Crippen molar-refractivity contribution in [3.8, 4) is 0 Å². The first kappa shape index (κ1) is 14.9. The lowest BCUT2D eigenvalue weighted by Gasteiger charge is -2.25. The van der Waals surface area contributed by atoms with Crippen molar-refractivity contribution in [2.45, 2.75) is 37.2 Å². The molecule has 1 heterocycles. The van der Waals surface area contributed by atoms with E-state index in [0.717, 1.165) is 0 Å². The van der Waals surface area contributed by atoms with Crippen molar-refractivity contribution in [2.24, 2.45) is 0 Å². The number of rotatable bonds is 6. The molecule has 0 aliphatic rings. The van der Waals surface area contributed by atoms with Crippen LogP contribution in [0.1, 0.15) is 26.7 Å². The summed E-state index contributed by atoms with van der Waals surface area (Å²) >= 11 is 0. The Bertz CT molecular complexity index is 498. The molecule has 102 valence electrons. The minimum absolute atomic E-state index is 0.0450. The molecule has 18 heavy (non-hydrogen) atoms. The van der Waals surface area contributed by atoms with E-state index in [0.29, 0.717) is 12.8 Å². The molecule has 1 rings (SSSR count). The van der Waals surface area contributed by atoms with Gasteiger partial charge in [0.2, 0.25) is 10.0 Å². The van der Waals surface area contributed by atoms with Crippen molar-refractivity contribution in [1.82, 2.24) is 9.71 Å². The molecule has 0 aliphatic carbocycles. The maximum Gasteiger partial charge on any atom is 0.244 e. The predicted molar refractivity (Wildman–Crippen MR) is 69.4 cm³/mol. The highest BCUT2D eigenvalue weighted by molar-refractivity contribution is 7.89. The summed E-state index contributed by atoms with van der Waals surface area (Å²) in [5.41, 5.74) is 4.48. The Morgan fingerprint density at radius 1 is 1.44 bits per heavy atom. The largest absolute Gasteiger partial charge is 0.389 e. The highest BCUT2D eigenvalue weighted by Crippen LogP contribution is 2.17. The fourth-order valence-corrected chi connectivity index (χ4v) is 2.64. The second-order valence-electron chi connectivity index (χ2n) is 4.14. The zero-order valence-corrected chi connectivity index (χ0v) is 11.4. The van der Waals surface area contributed by atoms with Gasteiger partial charge in [-0.1, -0.05) is 13.8 Å². The first-order valence-corrected chi connectivity index (χ1v) is 7.25. The van der Waals surface area contributed by atoms with E-state index in [-0.39, 0.29) is 17.3 Å². The minimum atomic E-state index is -3.74. The van der Waals surface area contributed by atoms with E-state index in [9.17, 15) is 13.5 Å². The average molecular weight is 273 g/mol. The van der Waals surface area contributed by atoms with Crippen LogP contribution in [-0.4, -0.2) is 30.7 Å². The molecule has 0 bridgehead atoms. The van der Waals surface area contributed by atoms with Crippen molar-refractivity contribution in [2.75, 3.05) is 12.3 Å². The predicted octanol–water partition coefficient (Wildman–Crippen LogP) is 0.493. The van der Waals surface area contributed by atoms with E-state index in [1.807, 2.05) is 0 Å². The van der Waals surface area contributed by atoms with Crippen LogP contribution in [0, 0.1) is 0 Å². The van der Waals surface area contributed by atoms with Gasteiger partial charge in [-0.3, -0.25) is 0 Å². The lowest BCUT2D eigenvalue weighted by molar-refractivity contribution is 0.0377. The molecular weight excluding hydrogens is 254 g/mol. The third kappa shape index (κ3) is 3.41. The number of hydrogen-bond acceptors (Lipinski definition) is 5. The summed E-state index contributed by atoms with van der Waals surface area (Å²) in [6, 6.07) is 2.87. The Balaban J connectivity index is 2.88. The maximum absolute atomic E-state index is 12.0. The second kappa shape index (κ2) is 5.64. The molecule has 1 aromatic heterocycles. The molecule has 7 heteroatoms. The molecule has 0 aliphatic heterocycles. The average Bonchev–Trinajstić information content (AvgIpc) is 2.36. The Hall–Kier alpha value is -1.18. The van der Waals surface area contributed by atoms with E-state index < -0.39 is 15.6 Å². The Kier molecular flexibility index (Phi) is 4.66. The fraction of sp³-hybridized carbons (Fsp3) is 0.545. The zero-order valence-electron chi connectivity index (χ0n) is 10.5. The van der Waals surface area contributed by atoms with Crippen LogP contribution >= 0.6 is 0 Å². The maximum atomic E-state index is 12.0. The van der Waals surface area contributed by atoms with Gasteiger partial charge in [0.1, 0.15) is 10.7 Å². The zero-order chi connectivity index (χ0) is 13.8. The number of aliphatic hydroxyl groups is 1. The number of anilines is 1. The smallest absolute Gasteiger partial charge is 0.244 e. The summed E-state index contributed by atoms with van der Waals surface area (Å²) < 4.78 is 26.3. The molecule has 4 N–H and O–H groups in total. The van der Waals surface area contributed by atoms with Gasteiger partial charge in [0.05, 0.1) is 5.60 Å². The molecule has 0 aromatic carbocycles. The first-order valence-electron chi connectivity index (χ1n) is 5.77. The lowest BCUT2D eigenvalue weighted by Crippen LogP contribution is -2.42. The quantitative estimate of drug-likeness (QED) is 0.699. The normalized spacial score (nSPS) is 12.6. The molecule has 0 saturated carbocycles. The van der Waals surface area contributed by atoms with E-state index >= 15 is 0 Å². The van der Waals surface area contributed by atoms with Gasteiger partial charge >= 0.3 is 0 Å². The summed E-state index contributed by atoms with van der Waals surface area (Å²) in [6.07, 6.45) is 2.35. The molecule has 0 unspecified atom stereocenters. The fourth-order valence-electron chi connectivity index (χ4n) is 1.44. The van der Waals surface area contributed by atoms with Gasteiger partial charge < -0.3 is 10.8 Å². The lowest BCUT2D eigenvalue weighted by atomic mass is 9.98. The van der Waals surface area contributed by atoms with Gasteiger partial charge in [-0.25, -0.2) is 18.1 Å². The standard InChI is InChI=1S/C11H19N3O3S/c1-3-11(15,4-2)8-14-18(16,17)9-6-5-7-13-10(9)12/h5-7,14-15H,3-4,8H2,1-2H3,(H2,12,13). The second-order valence-corrected chi connectivity index (χ2v) is 5.88. The van der Waals surface area contributed by atoms with Crippen molar-refractivity contribution in [3.05, 3.63) is 18.3 Å². The number of nitrogen functional groups attached to an aromatic ring is 1. The number of nitrogens with zero attached hydrogens (tertiary/aromatic N) is 1. The number of aromatic nitrogens is 1. The highest BCUT2D eigenvalue weighted by atomic mass is 32.2. The summed E-state index contributed by atoms with van der Waals surface area (Å²) in [6.45, 7) is 3.56. The number of sulfonamides is 1. The van der Waals surface area contributed by atoms with Gasteiger partial charge in [-0.05, 0) is 25.0 Å². The molecule has 0 saturated heterocycles. The molecular formula is C11H19N3O3S. The summed E-state index contributed by atoms with van der Waals surface area (Å²) in [5, 5.41) is 10.0. The van der Waals surface area contributed by atoms with E-state index in [1.165, 1.54) is 18.3 Å². The number of nitrogens with two attached hydrogens (primary N) is 1. The topological polar surface area (TPSA) is 105 Å². The van der Waals surface area contributed by atoms with Gasteiger partial charge in [0, 0.05) is 12.7 Å². The Labute approximate surface area is 107 Å². The van der Waals surface area contributed by atoms with Gasteiger partial charge in [-0.15, -0.1) is 0 Å². The third-order valence-corrected chi connectivity index (χ3v) is 4.45. The van der Waals surface area contributed by atoms with Crippen molar-refractivity contribution >= 4 is 15.8 Å². The summed E-state index contributed by atoms with van der Waals surface area (Å²) in [4.78, 5) is 3.66. The van der Waals surface area contributed by atoms with Crippen LogP contribution in [0.25, 0.3) is 0 Å². The van der Waals surface area contributed by atoms with Crippen LogP contribution in [0.2, 0.25) is 0 Å². The molecule has 1 aromatic rings. The van der Waals surface area contributed by atoms with E-state index in [4.69, 9.17) is 5.73 Å². The van der Waals surface area contributed by atoms with Gasteiger partial charge in [0.15, 0.2) is 0 Å². The SMILES string of the molecule is CCC(O)(CC)CNS(=O)(=O)c1cccnc1N. The van der Waals surface area contributed by atoms with Crippen LogP contribution in [-0.2, 0) is 10.0 Å². The monoisotopic (exact) mass is 273 g/mol. The van der Waals surface area contributed by atoms with Crippen LogP contribution in [0.5, 0.6) is 0 Å². The van der Waals surface area contributed by atoms with Gasteiger partial charge in [-0.2, -0.15) is 0 Å². The molecule has 6 nitrogen and oxygen atoms in total. The Morgan fingerprint density at radius 3 is 2.56 bits per heavy atom. The van der Waals surface area contributed by atoms with Gasteiger partial charge in [0.25, 0.3) is 0 Å². The van der Waals surface area contributed by atoms with Crippen molar-refractivity contribution in [3.63, 3.8) is 0 Å². The summed E-state index contributed by atoms with van der Waals surface area (Å²) in [7, 11) is -3.74. The van der Waals surface area contributed by atoms with E-state index in [1.54, 1.807) is 13.8 Å². The summed E-state index contributed by atoms with van der Waals surface area (Å²) in [5.74, 6) is -0.0541. The van der Waals surface area contributed by atoms with Crippen LogP contribution in [0.4, 0.5) is 5.82 Å².